The van der Waals surface area contributed by atoms with Gasteiger partial charge in [-0.3, -0.25) is 4.79 Å². The summed E-state index contributed by atoms with van der Waals surface area (Å²) in [7, 11) is 0. The number of carbonyl (C=O) groups is 2. The molecule has 0 aromatic carbocycles. The SMILES string of the molecule is C=CCCC1(C(=O)O)CCN(C(=O)N2CCOC(C3CC3)C2)CC1. The second kappa shape index (κ2) is 7.13. The lowest BCUT2D eigenvalue weighted by Gasteiger charge is -2.42. The van der Waals surface area contributed by atoms with Crippen LogP contribution >= 0.6 is 0 Å². The first kappa shape index (κ1) is 17.3. The van der Waals surface area contributed by atoms with Crippen molar-refractivity contribution in [2.24, 2.45) is 11.3 Å². The van der Waals surface area contributed by atoms with Crippen molar-refractivity contribution < 1.29 is 19.4 Å². The predicted octanol–water partition coefficient (Wildman–Crippen LogP) is 2.35. The van der Waals surface area contributed by atoms with Crippen molar-refractivity contribution in [2.45, 2.75) is 44.6 Å². The van der Waals surface area contributed by atoms with E-state index in [0.29, 0.717) is 64.4 Å². The van der Waals surface area contributed by atoms with E-state index in [1.165, 1.54) is 12.8 Å². The first-order valence-electron chi connectivity index (χ1n) is 9.05. The largest absolute Gasteiger partial charge is 0.481 e. The number of carbonyl (C=O) groups excluding carboxylic acids is 1. The molecular weight excluding hydrogens is 308 g/mol. The summed E-state index contributed by atoms with van der Waals surface area (Å²) >= 11 is 0. The van der Waals surface area contributed by atoms with Gasteiger partial charge in [0, 0.05) is 26.2 Å². The number of likely N-dealkylation sites (tertiary alicyclic amines) is 1. The van der Waals surface area contributed by atoms with E-state index in [-0.39, 0.29) is 12.1 Å². The average molecular weight is 336 g/mol. The molecule has 1 N–H and O–H groups in total. The topological polar surface area (TPSA) is 70.1 Å². The number of urea groups is 1. The Balaban J connectivity index is 1.55. The first-order chi connectivity index (χ1) is 11.6. The Kier molecular flexibility index (Phi) is 5.13. The Hall–Kier alpha value is -1.56. The minimum atomic E-state index is -0.739. The van der Waals surface area contributed by atoms with Crippen LogP contribution in [0.5, 0.6) is 0 Å². The summed E-state index contributed by atoms with van der Waals surface area (Å²) in [5.74, 6) is -0.114. The molecule has 2 aliphatic heterocycles. The Labute approximate surface area is 143 Å². The number of ether oxygens (including phenoxy) is 1. The zero-order valence-corrected chi connectivity index (χ0v) is 14.3. The van der Waals surface area contributed by atoms with Gasteiger partial charge < -0.3 is 19.6 Å². The normalized spacial score (nSPS) is 26.9. The number of nitrogens with zero attached hydrogens (tertiary/aromatic N) is 2. The molecule has 1 saturated carbocycles. The summed E-state index contributed by atoms with van der Waals surface area (Å²) in [6.07, 6.45) is 6.74. The van der Waals surface area contributed by atoms with Gasteiger partial charge in [-0.1, -0.05) is 6.08 Å². The summed E-state index contributed by atoms with van der Waals surface area (Å²) in [5, 5.41) is 9.63. The van der Waals surface area contributed by atoms with Crippen LogP contribution in [0.2, 0.25) is 0 Å². The van der Waals surface area contributed by atoms with Crippen LogP contribution < -0.4 is 0 Å². The summed E-state index contributed by atoms with van der Waals surface area (Å²) in [5.41, 5.74) is -0.702. The predicted molar refractivity (Wildman–Crippen MR) is 89.7 cm³/mol. The van der Waals surface area contributed by atoms with Crippen LogP contribution in [0, 0.1) is 11.3 Å². The summed E-state index contributed by atoms with van der Waals surface area (Å²) in [6.45, 7) is 6.66. The van der Waals surface area contributed by atoms with Crippen LogP contribution in [0.4, 0.5) is 4.79 Å². The molecule has 134 valence electrons. The highest BCUT2D eigenvalue weighted by Gasteiger charge is 2.43. The highest BCUT2D eigenvalue weighted by atomic mass is 16.5. The van der Waals surface area contributed by atoms with Crippen molar-refractivity contribution in [1.29, 1.82) is 0 Å². The molecule has 3 aliphatic rings. The van der Waals surface area contributed by atoms with Gasteiger partial charge in [0.15, 0.2) is 0 Å². The van der Waals surface area contributed by atoms with E-state index in [4.69, 9.17) is 4.74 Å². The maximum Gasteiger partial charge on any atom is 0.320 e. The number of amides is 2. The minimum absolute atomic E-state index is 0.0478. The van der Waals surface area contributed by atoms with Crippen LogP contribution in [0.1, 0.15) is 38.5 Å². The molecule has 24 heavy (non-hydrogen) atoms. The van der Waals surface area contributed by atoms with E-state index in [0.717, 1.165) is 0 Å². The zero-order valence-electron chi connectivity index (χ0n) is 14.3. The molecule has 0 bridgehead atoms. The summed E-state index contributed by atoms with van der Waals surface area (Å²) in [4.78, 5) is 28.2. The molecule has 2 amide bonds. The number of hydrogen-bond donors (Lipinski definition) is 1. The van der Waals surface area contributed by atoms with Crippen LogP contribution in [-0.4, -0.2) is 65.8 Å². The molecule has 0 aromatic rings. The Bertz CT molecular complexity index is 495. The first-order valence-corrected chi connectivity index (χ1v) is 9.05. The van der Waals surface area contributed by atoms with E-state index in [9.17, 15) is 14.7 Å². The third-order valence-corrected chi connectivity index (χ3v) is 5.78. The van der Waals surface area contributed by atoms with Crippen molar-refractivity contribution in [1.82, 2.24) is 9.80 Å². The molecule has 0 spiro atoms. The van der Waals surface area contributed by atoms with Crippen LogP contribution in [-0.2, 0) is 9.53 Å². The van der Waals surface area contributed by atoms with Gasteiger partial charge in [-0.15, -0.1) is 6.58 Å². The molecule has 2 heterocycles. The molecule has 6 nitrogen and oxygen atoms in total. The monoisotopic (exact) mass is 336 g/mol. The van der Waals surface area contributed by atoms with Gasteiger partial charge in [-0.2, -0.15) is 0 Å². The van der Waals surface area contributed by atoms with Gasteiger partial charge in [0.25, 0.3) is 0 Å². The Morgan fingerprint density at radius 2 is 1.92 bits per heavy atom. The molecule has 1 aliphatic carbocycles. The molecule has 1 atom stereocenters. The molecule has 0 aromatic heterocycles. The van der Waals surface area contributed by atoms with Crippen molar-refractivity contribution >= 4 is 12.0 Å². The fourth-order valence-electron chi connectivity index (χ4n) is 3.88. The summed E-state index contributed by atoms with van der Waals surface area (Å²) < 4.78 is 5.78. The fraction of sp³-hybridized carbons (Fsp3) is 0.778. The molecule has 3 rings (SSSR count). The van der Waals surface area contributed by atoms with E-state index >= 15 is 0 Å². The number of piperidine rings is 1. The molecular formula is C18H28N2O4. The van der Waals surface area contributed by atoms with E-state index in [2.05, 4.69) is 6.58 Å². The maximum atomic E-state index is 12.8. The van der Waals surface area contributed by atoms with Crippen LogP contribution in [0.15, 0.2) is 12.7 Å². The number of carboxylic acid groups (broad SMARTS) is 1. The number of rotatable bonds is 5. The number of allylic oxidation sites excluding steroid dienone is 1. The fourth-order valence-corrected chi connectivity index (χ4v) is 3.88. The molecule has 2 saturated heterocycles. The lowest BCUT2D eigenvalue weighted by atomic mass is 9.75. The Morgan fingerprint density at radius 1 is 1.21 bits per heavy atom. The van der Waals surface area contributed by atoms with Crippen molar-refractivity contribution in [3.63, 3.8) is 0 Å². The lowest BCUT2D eigenvalue weighted by molar-refractivity contribution is -0.152. The molecule has 3 fully saturated rings. The van der Waals surface area contributed by atoms with Crippen molar-refractivity contribution in [3.05, 3.63) is 12.7 Å². The van der Waals surface area contributed by atoms with E-state index in [1.807, 2.05) is 9.80 Å². The van der Waals surface area contributed by atoms with Gasteiger partial charge in [0.2, 0.25) is 0 Å². The van der Waals surface area contributed by atoms with Gasteiger partial charge >= 0.3 is 12.0 Å². The third kappa shape index (κ3) is 3.58. The minimum Gasteiger partial charge on any atom is -0.481 e. The number of morpholine rings is 1. The maximum absolute atomic E-state index is 12.8. The second-order valence-corrected chi connectivity index (χ2v) is 7.38. The molecule has 1 unspecified atom stereocenters. The quantitative estimate of drug-likeness (QED) is 0.783. The van der Waals surface area contributed by atoms with E-state index in [1.54, 1.807) is 6.08 Å². The van der Waals surface area contributed by atoms with Gasteiger partial charge in [-0.25, -0.2) is 4.79 Å². The number of carboxylic acids is 1. The second-order valence-electron chi connectivity index (χ2n) is 7.38. The number of hydrogen-bond acceptors (Lipinski definition) is 3. The van der Waals surface area contributed by atoms with Crippen LogP contribution in [0.25, 0.3) is 0 Å². The highest BCUT2D eigenvalue weighted by Crippen LogP contribution is 2.38. The van der Waals surface area contributed by atoms with Gasteiger partial charge in [0.1, 0.15) is 0 Å². The lowest BCUT2D eigenvalue weighted by Crippen LogP contribution is -2.54. The average Bonchev–Trinajstić information content (AvgIpc) is 3.45. The van der Waals surface area contributed by atoms with Crippen molar-refractivity contribution in [3.8, 4) is 0 Å². The zero-order chi connectivity index (χ0) is 17.2. The highest BCUT2D eigenvalue weighted by molar-refractivity contribution is 5.77. The third-order valence-electron chi connectivity index (χ3n) is 5.78. The van der Waals surface area contributed by atoms with Gasteiger partial charge in [0.05, 0.1) is 18.1 Å². The molecule has 0 radical (unpaired) electrons. The van der Waals surface area contributed by atoms with Crippen molar-refractivity contribution in [2.75, 3.05) is 32.8 Å². The standard InChI is InChI=1S/C18H28N2O4/c1-2-3-6-18(16(21)22)7-9-19(10-8-18)17(23)20-11-12-24-15(13-20)14-4-5-14/h2,14-15H,1,3-13H2,(H,21,22). The Morgan fingerprint density at radius 3 is 2.50 bits per heavy atom. The summed E-state index contributed by atoms with van der Waals surface area (Å²) in [6, 6.07) is 0.0478. The van der Waals surface area contributed by atoms with E-state index < -0.39 is 11.4 Å². The van der Waals surface area contributed by atoms with Crippen LogP contribution in [0.3, 0.4) is 0 Å². The van der Waals surface area contributed by atoms with Gasteiger partial charge in [-0.05, 0) is 44.4 Å². The molecule has 6 heteroatoms. The number of aliphatic carboxylic acids is 1. The smallest absolute Gasteiger partial charge is 0.320 e.